The summed E-state index contributed by atoms with van der Waals surface area (Å²) >= 11 is 0. The van der Waals surface area contributed by atoms with Crippen molar-refractivity contribution in [3.05, 3.63) is 65.9 Å². The van der Waals surface area contributed by atoms with E-state index in [2.05, 4.69) is 37.5 Å². The van der Waals surface area contributed by atoms with E-state index in [0.717, 1.165) is 24.0 Å². The quantitative estimate of drug-likeness (QED) is 0.216. The van der Waals surface area contributed by atoms with Gasteiger partial charge in [0.05, 0.1) is 4.90 Å². The van der Waals surface area contributed by atoms with Gasteiger partial charge in [-0.3, -0.25) is 4.99 Å². The molecule has 3 aromatic rings. The molecule has 0 unspecified atom stereocenters. The fourth-order valence-electron chi connectivity index (χ4n) is 2.96. The number of para-hydroxylation sites is 1. The van der Waals surface area contributed by atoms with E-state index >= 15 is 0 Å². The van der Waals surface area contributed by atoms with Crippen LogP contribution in [0.15, 0.2) is 64.6 Å². The number of hydrogen-bond acceptors (Lipinski definition) is 3. The maximum atomic E-state index is 11.8. The zero-order valence-electron chi connectivity index (χ0n) is 16.4. The second kappa shape index (κ2) is 10.6. The molecule has 0 amide bonds. The van der Waals surface area contributed by atoms with E-state index in [9.17, 15) is 8.42 Å². The van der Waals surface area contributed by atoms with Crippen molar-refractivity contribution in [2.24, 2.45) is 4.99 Å². The first-order valence-corrected chi connectivity index (χ1v) is 10.5. The fourth-order valence-corrected chi connectivity index (χ4v) is 3.69. The third-order valence-corrected chi connectivity index (χ3v) is 5.98. The van der Waals surface area contributed by atoms with E-state index in [1.807, 2.05) is 18.3 Å². The molecule has 4 N–H and O–H groups in total. The lowest BCUT2D eigenvalue weighted by atomic mass is 10.1. The molecule has 0 aliphatic rings. The van der Waals surface area contributed by atoms with Crippen LogP contribution in [0.25, 0.3) is 10.9 Å². The maximum Gasteiger partial charge on any atom is 0.240 e. The van der Waals surface area contributed by atoms with Gasteiger partial charge in [-0.2, -0.15) is 0 Å². The first-order valence-electron chi connectivity index (χ1n) is 9.05. The van der Waals surface area contributed by atoms with Crippen molar-refractivity contribution in [3.8, 4) is 0 Å². The summed E-state index contributed by atoms with van der Waals surface area (Å²) in [6, 6.07) is 15.0. The van der Waals surface area contributed by atoms with Crippen LogP contribution < -0.4 is 15.4 Å². The molecule has 0 bridgehead atoms. The number of sulfonamides is 1. The Bertz CT molecular complexity index is 1060. The van der Waals surface area contributed by atoms with Crippen LogP contribution in [0.5, 0.6) is 0 Å². The van der Waals surface area contributed by atoms with E-state index in [1.54, 1.807) is 31.3 Å². The zero-order chi connectivity index (χ0) is 20.0. The Labute approximate surface area is 188 Å². The molecule has 156 valence electrons. The molecule has 1 aromatic heterocycles. The number of hydrogen-bond donors (Lipinski definition) is 4. The van der Waals surface area contributed by atoms with Crippen molar-refractivity contribution in [2.75, 3.05) is 20.6 Å². The Morgan fingerprint density at radius 2 is 1.79 bits per heavy atom. The average Bonchev–Trinajstić information content (AvgIpc) is 3.14. The third kappa shape index (κ3) is 5.94. The molecule has 3 rings (SSSR count). The summed E-state index contributed by atoms with van der Waals surface area (Å²) in [7, 11) is -0.284. The minimum Gasteiger partial charge on any atom is -0.361 e. The summed E-state index contributed by atoms with van der Waals surface area (Å²) in [5, 5.41) is 7.79. The van der Waals surface area contributed by atoms with E-state index in [1.165, 1.54) is 18.0 Å². The highest BCUT2D eigenvalue weighted by molar-refractivity contribution is 14.0. The van der Waals surface area contributed by atoms with E-state index in [4.69, 9.17) is 0 Å². The number of halogens is 1. The Kier molecular flexibility index (Phi) is 8.47. The molecule has 0 spiro atoms. The van der Waals surface area contributed by atoms with Gasteiger partial charge in [-0.1, -0.05) is 30.3 Å². The summed E-state index contributed by atoms with van der Waals surface area (Å²) in [5.41, 5.74) is 3.37. The first-order chi connectivity index (χ1) is 13.5. The second-order valence-corrected chi connectivity index (χ2v) is 8.20. The van der Waals surface area contributed by atoms with Gasteiger partial charge in [0.15, 0.2) is 5.96 Å². The molecule has 0 saturated carbocycles. The standard InChI is InChI=1S/C20H25N5O2S.HI/c1-21-20(23-12-11-16-14-24-19-6-4-3-5-18(16)19)25-13-15-7-9-17(10-8-15)28(26,27)22-2;/h3-10,14,22,24H,11-13H2,1-2H3,(H2,21,23,25);1H. The van der Waals surface area contributed by atoms with Crippen LogP contribution in [0.3, 0.4) is 0 Å². The van der Waals surface area contributed by atoms with Crippen LogP contribution in [0.1, 0.15) is 11.1 Å². The number of rotatable bonds is 7. The monoisotopic (exact) mass is 527 g/mol. The predicted octanol–water partition coefficient (Wildman–Crippen LogP) is 2.60. The first kappa shape index (κ1) is 23.2. The molecular weight excluding hydrogens is 501 g/mol. The van der Waals surface area contributed by atoms with Gasteiger partial charge in [-0.15, -0.1) is 24.0 Å². The van der Waals surface area contributed by atoms with E-state index in [-0.39, 0.29) is 28.9 Å². The highest BCUT2D eigenvalue weighted by Gasteiger charge is 2.10. The minimum absolute atomic E-state index is 0. The number of aromatic nitrogens is 1. The normalized spacial score (nSPS) is 11.9. The maximum absolute atomic E-state index is 11.8. The topological polar surface area (TPSA) is 98.4 Å². The van der Waals surface area contributed by atoms with Gasteiger partial charge >= 0.3 is 0 Å². The molecule has 29 heavy (non-hydrogen) atoms. The van der Waals surface area contributed by atoms with Crippen molar-refractivity contribution in [2.45, 2.75) is 17.9 Å². The molecule has 0 fully saturated rings. The lowest BCUT2D eigenvalue weighted by Gasteiger charge is -2.12. The summed E-state index contributed by atoms with van der Waals surface area (Å²) in [6.45, 7) is 1.30. The van der Waals surface area contributed by atoms with Gasteiger partial charge < -0.3 is 15.6 Å². The molecule has 2 aromatic carbocycles. The molecule has 0 atom stereocenters. The van der Waals surface area contributed by atoms with Crippen LogP contribution in [-0.4, -0.2) is 40.0 Å². The Balaban J connectivity index is 0.00000300. The molecule has 7 nitrogen and oxygen atoms in total. The molecule has 0 aliphatic carbocycles. The molecular formula is C20H26IN5O2S. The van der Waals surface area contributed by atoms with Crippen molar-refractivity contribution in [1.82, 2.24) is 20.3 Å². The number of aliphatic imine (C=N–C) groups is 1. The molecule has 0 radical (unpaired) electrons. The Hall–Kier alpha value is -2.11. The number of fused-ring (bicyclic) bond motifs is 1. The Morgan fingerprint density at radius 3 is 2.48 bits per heavy atom. The van der Waals surface area contributed by atoms with Gasteiger partial charge in [-0.05, 0) is 42.8 Å². The minimum atomic E-state index is -3.41. The number of aromatic amines is 1. The third-order valence-electron chi connectivity index (χ3n) is 4.55. The smallest absolute Gasteiger partial charge is 0.240 e. The van der Waals surface area contributed by atoms with Crippen LogP contribution in [0.4, 0.5) is 0 Å². The number of nitrogens with zero attached hydrogens (tertiary/aromatic N) is 1. The Morgan fingerprint density at radius 1 is 1.07 bits per heavy atom. The molecule has 9 heteroatoms. The van der Waals surface area contributed by atoms with Gasteiger partial charge in [-0.25, -0.2) is 13.1 Å². The van der Waals surface area contributed by atoms with Crippen LogP contribution in [0.2, 0.25) is 0 Å². The number of guanidine groups is 1. The highest BCUT2D eigenvalue weighted by Crippen LogP contribution is 2.17. The fraction of sp³-hybridized carbons (Fsp3) is 0.250. The summed E-state index contributed by atoms with van der Waals surface area (Å²) in [5.74, 6) is 0.701. The SMILES string of the molecule is CN=C(NCCc1c[nH]c2ccccc12)NCc1ccc(S(=O)(=O)NC)cc1.I. The van der Waals surface area contributed by atoms with Crippen molar-refractivity contribution < 1.29 is 8.42 Å². The second-order valence-electron chi connectivity index (χ2n) is 6.31. The van der Waals surface area contributed by atoms with E-state index < -0.39 is 10.0 Å². The van der Waals surface area contributed by atoms with Gasteiger partial charge in [0.1, 0.15) is 0 Å². The van der Waals surface area contributed by atoms with Gasteiger partial charge in [0.2, 0.25) is 10.0 Å². The van der Waals surface area contributed by atoms with Gasteiger partial charge in [0, 0.05) is 37.2 Å². The number of benzene rings is 2. The summed E-state index contributed by atoms with van der Waals surface area (Å²) in [4.78, 5) is 7.77. The predicted molar refractivity (Wildman–Crippen MR) is 128 cm³/mol. The molecule has 0 aliphatic heterocycles. The number of H-pyrrole nitrogens is 1. The summed E-state index contributed by atoms with van der Waals surface area (Å²) < 4.78 is 25.8. The average molecular weight is 527 g/mol. The summed E-state index contributed by atoms with van der Waals surface area (Å²) in [6.07, 6.45) is 2.92. The zero-order valence-corrected chi connectivity index (χ0v) is 19.5. The van der Waals surface area contributed by atoms with E-state index in [0.29, 0.717) is 12.5 Å². The van der Waals surface area contributed by atoms with Crippen molar-refractivity contribution >= 4 is 50.9 Å². The molecule has 1 heterocycles. The lowest BCUT2D eigenvalue weighted by molar-refractivity contribution is 0.588. The van der Waals surface area contributed by atoms with Gasteiger partial charge in [0.25, 0.3) is 0 Å². The molecule has 0 saturated heterocycles. The lowest BCUT2D eigenvalue weighted by Crippen LogP contribution is -2.37. The largest absolute Gasteiger partial charge is 0.361 e. The van der Waals surface area contributed by atoms with Crippen molar-refractivity contribution in [3.63, 3.8) is 0 Å². The van der Waals surface area contributed by atoms with Crippen LogP contribution in [0, 0.1) is 0 Å². The van der Waals surface area contributed by atoms with Crippen LogP contribution >= 0.6 is 24.0 Å². The van der Waals surface area contributed by atoms with Crippen LogP contribution in [-0.2, 0) is 23.0 Å². The van der Waals surface area contributed by atoms with Crippen molar-refractivity contribution in [1.29, 1.82) is 0 Å². The number of nitrogens with one attached hydrogen (secondary N) is 4. The highest BCUT2D eigenvalue weighted by atomic mass is 127.